The molecule has 1 atom stereocenters. The van der Waals surface area contributed by atoms with Crippen LogP contribution in [0.15, 0.2) is 42.5 Å². The molecule has 0 spiro atoms. The monoisotopic (exact) mass is 273 g/mol. The van der Waals surface area contributed by atoms with Gasteiger partial charge >= 0.3 is 0 Å². The molecule has 2 aromatic carbocycles. The Morgan fingerprint density at radius 3 is 2.80 bits per heavy atom. The Labute approximate surface area is 115 Å². The number of rotatable bonds is 2. The van der Waals surface area contributed by atoms with Crippen LogP contribution in [0.5, 0.6) is 0 Å². The molecule has 0 bridgehead atoms. The number of nitrogens with one attached hydrogen (secondary N) is 1. The van der Waals surface area contributed by atoms with Gasteiger partial charge in [0.25, 0.3) is 0 Å². The summed E-state index contributed by atoms with van der Waals surface area (Å²) in [5.74, 6) is -2.07. The first-order valence-electron chi connectivity index (χ1n) is 6.49. The molecule has 0 aliphatic carbocycles. The third-order valence-corrected chi connectivity index (χ3v) is 3.60. The van der Waals surface area contributed by atoms with Gasteiger partial charge in [-0.15, -0.1) is 0 Å². The summed E-state index contributed by atoms with van der Waals surface area (Å²) in [5.41, 5.74) is 1.55. The van der Waals surface area contributed by atoms with Gasteiger partial charge in [0.1, 0.15) is 11.6 Å². The van der Waals surface area contributed by atoms with Crippen molar-refractivity contribution >= 4 is 11.5 Å². The van der Waals surface area contributed by atoms with Gasteiger partial charge in [-0.1, -0.05) is 18.2 Å². The molecule has 0 fully saturated rings. The summed E-state index contributed by atoms with van der Waals surface area (Å²) < 4.78 is 27.0. The first-order chi connectivity index (χ1) is 9.66. The number of carbonyl (C=O) groups is 1. The zero-order chi connectivity index (χ0) is 14.1. The molecule has 102 valence electrons. The van der Waals surface area contributed by atoms with E-state index in [1.54, 1.807) is 0 Å². The van der Waals surface area contributed by atoms with E-state index in [0.29, 0.717) is 13.0 Å². The molecule has 1 N–H and O–H groups in total. The predicted octanol–water partition coefficient (Wildman–Crippen LogP) is 3.75. The van der Waals surface area contributed by atoms with Crippen molar-refractivity contribution < 1.29 is 13.6 Å². The van der Waals surface area contributed by atoms with E-state index in [4.69, 9.17) is 0 Å². The lowest BCUT2D eigenvalue weighted by Gasteiger charge is -2.25. The summed E-state index contributed by atoms with van der Waals surface area (Å²) in [6, 6.07) is 10.4. The molecule has 1 heterocycles. The minimum Gasteiger partial charge on any atom is -0.385 e. The lowest BCUT2D eigenvalue weighted by atomic mass is 9.85. The fourth-order valence-corrected chi connectivity index (χ4v) is 2.61. The van der Waals surface area contributed by atoms with Gasteiger partial charge in [0, 0.05) is 12.2 Å². The van der Waals surface area contributed by atoms with Crippen LogP contribution in [-0.2, 0) is 0 Å². The quantitative estimate of drug-likeness (QED) is 0.844. The Morgan fingerprint density at radius 2 is 1.95 bits per heavy atom. The second-order valence-electron chi connectivity index (χ2n) is 4.84. The van der Waals surface area contributed by atoms with Gasteiger partial charge in [0.15, 0.2) is 5.78 Å². The largest absolute Gasteiger partial charge is 0.385 e. The topological polar surface area (TPSA) is 29.1 Å². The first kappa shape index (κ1) is 12.8. The maximum atomic E-state index is 13.7. The van der Waals surface area contributed by atoms with Gasteiger partial charge in [-0.3, -0.25) is 4.79 Å². The minimum absolute atomic E-state index is 0.174. The fourth-order valence-electron chi connectivity index (χ4n) is 2.61. The Kier molecular flexibility index (Phi) is 3.22. The molecular formula is C16H13F2NO. The highest BCUT2D eigenvalue weighted by molar-refractivity contribution is 6.02. The second-order valence-corrected chi connectivity index (χ2v) is 4.84. The molecule has 2 aromatic rings. The molecule has 1 aliphatic heterocycles. The Morgan fingerprint density at radius 1 is 1.15 bits per heavy atom. The molecule has 0 aromatic heterocycles. The number of hydrogen-bond donors (Lipinski definition) is 1. The summed E-state index contributed by atoms with van der Waals surface area (Å²) >= 11 is 0. The van der Waals surface area contributed by atoms with Gasteiger partial charge in [-0.25, -0.2) is 8.78 Å². The third-order valence-electron chi connectivity index (χ3n) is 3.60. The van der Waals surface area contributed by atoms with Crippen LogP contribution in [-0.4, -0.2) is 12.3 Å². The molecule has 20 heavy (non-hydrogen) atoms. The highest BCUT2D eigenvalue weighted by atomic mass is 19.1. The number of hydrogen-bond acceptors (Lipinski definition) is 2. The summed E-state index contributed by atoms with van der Waals surface area (Å²) in [5, 5.41) is 3.20. The van der Waals surface area contributed by atoms with E-state index in [-0.39, 0.29) is 11.3 Å². The summed E-state index contributed by atoms with van der Waals surface area (Å²) in [6.45, 7) is 0.643. The van der Waals surface area contributed by atoms with Crippen molar-refractivity contribution in [3.8, 4) is 0 Å². The Balaban J connectivity index is 2.02. The van der Waals surface area contributed by atoms with Crippen LogP contribution in [0, 0.1) is 11.6 Å². The molecule has 0 radical (unpaired) electrons. The van der Waals surface area contributed by atoms with Gasteiger partial charge < -0.3 is 5.32 Å². The van der Waals surface area contributed by atoms with Crippen LogP contribution >= 0.6 is 0 Å². The van der Waals surface area contributed by atoms with Gasteiger partial charge in [-0.2, -0.15) is 0 Å². The van der Waals surface area contributed by atoms with Crippen LogP contribution in [0.25, 0.3) is 0 Å². The summed E-state index contributed by atoms with van der Waals surface area (Å²) in [6.07, 6.45) is 0.575. The molecular weight excluding hydrogens is 260 g/mol. The summed E-state index contributed by atoms with van der Waals surface area (Å²) in [4.78, 5) is 12.5. The summed E-state index contributed by atoms with van der Waals surface area (Å²) in [7, 11) is 0. The molecule has 3 rings (SSSR count). The number of benzene rings is 2. The van der Waals surface area contributed by atoms with Crippen molar-refractivity contribution in [2.24, 2.45) is 0 Å². The van der Waals surface area contributed by atoms with E-state index in [0.717, 1.165) is 29.4 Å². The molecule has 4 heteroatoms. The lowest BCUT2D eigenvalue weighted by Crippen LogP contribution is -2.23. The highest BCUT2D eigenvalue weighted by Gasteiger charge is 2.28. The Hall–Kier alpha value is -2.23. The number of ketones is 1. The zero-order valence-electron chi connectivity index (χ0n) is 10.7. The first-order valence-corrected chi connectivity index (χ1v) is 6.49. The third kappa shape index (κ3) is 2.18. The number of para-hydroxylation sites is 1. The minimum atomic E-state index is -0.674. The SMILES string of the molecule is O=C(c1cc(F)ccc1F)C1CCNc2ccccc21. The van der Waals surface area contributed by atoms with Crippen LogP contribution in [0.2, 0.25) is 0 Å². The van der Waals surface area contributed by atoms with Crippen LogP contribution in [0.4, 0.5) is 14.5 Å². The molecule has 0 saturated carbocycles. The van der Waals surface area contributed by atoms with E-state index < -0.39 is 17.6 Å². The van der Waals surface area contributed by atoms with Crippen LogP contribution < -0.4 is 5.32 Å². The lowest BCUT2D eigenvalue weighted by molar-refractivity contribution is 0.0951. The van der Waals surface area contributed by atoms with E-state index >= 15 is 0 Å². The van der Waals surface area contributed by atoms with Crippen molar-refractivity contribution in [2.75, 3.05) is 11.9 Å². The standard InChI is InChI=1S/C16H13F2NO/c17-10-5-6-14(18)13(9-10)16(20)12-7-8-19-15-4-2-1-3-11(12)15/h1-6,9,12,19H,7-8H2. The fraction of sp³-hybridized carbons (Fsp3) is 0.188. The average Bonchev–Trinajstić information content (AvgIpc) is 2.48. The maximum Gasteiger partial charge on any atom is 0.173 e. The normalized spacial score (nSPS) is 17.2. The van der Waals surface area contributed by atoms with Crippen LogP contribution in [0.1, 0.15) is 28.3 Å². The molecule has 0 saturated heterocycles. The second kappa shape index (κ2) is 5.04. The zero-order valence-corrected chi connectivity index (χ0v) is 10.7. The van der Waals surface area contributed by atoms with Gasteiger partial charge in [-0.05, 0) is 36.2 Å². The highest BCUT2D eigenvalue weighted by Crippen LogP contribution is 2.34. The molecule has 1 unspecified atom stereocenters. The van der Waals surface area contributed by atoms with E-state index in [2.05, 4.69) is 5.32 Å². The van der Waals surface area contributed by atoms with Crippen molar-refractivity contribution in [1.29, 1.82) is 0 Å². The van der Waals surface area contributed by atoms with E-state index in [1.165, 1.54) is 0 Å². The number of halogens is 2. The molecule has 1 aliphatic rings. The van der Waals surface area contributed by atoms with Crippen LogP contribution in [0.3, 0.4) is 0 Å². The number of Topliss-reactive ketones (excluding diaryl/α,β-unsaturated/α-hetero) is 1. The Bertz CT molecular complexity index is 669. The smallest absolute Gasteiger partial charge is 0.173 e. The van der Waals surface area contributed by atoms with Crippen molar-refractivity contribution in [1.82, 2.24) is 0 Å². The van der Waals surface area contributed by atoms with Gasteiger partial charge in [0.05, 0.1) is 11.5 Å². The van der Waals surface area contributed by atoms with E-state index in [1.807, 2.05) is 24.3 Å². The van der Waals surface area contributed by atoms with E-state index in [9.17, 15) is 13.6 Å². The molecule has 2 nitrogen and oxygen atoms in total. The average molecular weight is 273 g/mol. The van der Waals surface area contributed by atoms with Gasteiger partial charge in [0.2, 0.25) is 0 Å². The predicted molar refractivity (Wildman–Crippen MR) is 73.0 cm³/mol. The maximum absolute atomic E-state index is 13.7. The van der Waals surface area contributed by atoms with Crippen molar-refractivity contribution in [3.63, 3.8) is 0 Å². The number of fused-ring (bicyclic) bond motifs is 1. The molecule has 0 amide bonds. The van der Waals surface area contributed by atoms with Crippen molar-refractivity contribution in [2.45, 2.75) is 12.3 Å². The number of carbonyl (C=O) groups excluding carboxylic acids is 1. The van der Waals surface area contributed by atoms with Crippen molar-refractivity contribution in [3.05, 3.63) is 65.2 Å². The number of anilines is 1.